The Kier molecular flexibility index (Phi) is 4.56. The first-order valence-corrected chi connectivity index (χ1v) is 6.80. The number of imidazole rings is 1. The number of nitrogens with one attached hydrogen (secondary N) is 1. The molecule has 0 atom stereocenters. The second kappa shape index (κ2) is 6.38. The van der Waals surface area contributed by atoms with Gasteiger partial charge in [0.15, 0.2) is 11.2 Å². The van der Waals surface area contributed by atoms with Crippen LogP contribution in [0.4, 0.5) is 5.95 Å². The number of aryl methyl sites for hydroxylation is 1. The summed E-state index contributed by atoms with van der Waals surface area (Å²) < 4.78 is 6.81. The summed E-state index contributed by atoms with van der Waals surface area (Å²) >= 11 is 0. The molecule has 3 N–H and O–H groups in total. The van der Waals surface area contributed by atoms with E-state index in [1.54, 1.807) is 4.57 Å². The molecule has 0 spiro atoms. The van der Waals surface area contributed by atoms with Gasteiger partial charge in [0.2, 0.25) is 17.7 Å². The Balaban J connectivity index is 2.12. The second-order valence-electron chi connectivity index (χ2n) is 5.12. The van der Waals surface area contributed by atoms with Gasteiger partial charge in [0.05, 0.1) is 7.11 Å². The standard InChI is InChI=1S/C13H20N6O2/c1-8(2)6-15-9(20)4-5-19-11-10(18-13(19)14)12(21-3)17-7-16-11/h7-8H,4-6H2,1-3H3,(H2,14,18)(H,15,20). The van der Waals surface area contributed by atoms with Gasteiger partial charge in [-0.1, -0.05) is 13.8 Å². The van der Waals surface area contributed by atoms with Crippen LogP contribution in [0.25, 0.3) is 11.2 Å². The van der Waals surface area contributed by atoms with Crippen molar-refractivity contribution in [3.05, 3.63) is 6.33 Å². The van der Waals surface area contributed by atoms with Crippen LogP contribution < -0.4 is 15.8 Å². The summed E-state index contributed by atoms with van der Waals surface area (Å²) in [6.07, 6.45) is 1.70. The molecule has 0 aliphatic carbocycles. The molecule has 2 rings (SSSR count). The summed E-state index contributed by atoms with van der Waals surface area (Å²) in [4.78, 5) is 24.1. The number of anilines is 1. The van der Waals surface area contributed by atoms with E-state index in [0.29, 0.717) is 48.4 Å². The van der Waals surface area contributed by atoms with Crippen LogP contribution in [0.2, 0.25) is 0 Å². The molecule has 0 bridgehead atoms. The molecule has 0 aromatic carbocycles. The van der Waals surface area contributed by atoms with Crippen LogP contribution in [-0.4, -0.2) is 39.1 Å². The van der Waals surface area contributed by atoms with Crippen LogP contribution in [0, 0.1) is 5.92 Å². The fourth-order valence-corrected chi connectivity index (χ4v) is 1.92. The topological polar surface area (TPSA) is 108 Å². The molecule has 114 valence electrons. The van der Waals surface area contributed by atoms with Gasteiger partial charge in [-0.05, 0) is 5.92 Å². The third-order valence-electron chi connectivity index (χ3n) is 2.99. The normalized spacial score (nSPS) is 11.0. The predicted molar refractivity (Wildman–Crippen MR) is 78.8 cm³/mol. The van der Waals surface area contributed by atoms with E-state index in [2.05, 4.69) is 20.3 Å². The minimum atomic E-state index is -0.0222. The number of carbonyl (C=O) groups excluding carboxylic acids is 1. The summed E-state index contributed by atoms with van der Waals surface area (Å²) in [5.41, 5.74) is 6.95. The van der Waals surface area contributed by atoms with Gasteiger partial charge >= 0.3 is 0 Å². The summed E-state index contributed by atoms with van der Waals surface area (Å²) in [6, 6.07) is 0. The molecule has 0 fully saturated rings. The monoisotopic (exact) mass is 292 g/mol. The van der Waals surface area contributed by atoms with E-state index in [1.807, 2.05) is 13.8 Å². The van der Waals surface area contributed by atoms with Crippen molar-refractivity contribution in [1.82, 2.24) is 24.8 Å². The molecule has 0 aliphatic rings. The van der Waals surface area contributed by atoms with Gasteiger partial charge in [-0.3, -0.25) is 9.36 Å². The zero-order chi connectivity index (χ0) is 15.4. The van der Waals surface area contributed by atoms with Crippen molar-refractivity contribution < 1.29 is 9.53 Å². The minimum absolute atomic E-state index is 0.0222. The highest BCUT2D eigenvalue weighted by atomic mass is 16.5. The lowest BCUT2D eigenvalue weighted by molar-refractivity contribution is -0.121. The van der Waals surface area contributed by atoms with E-state index in [9.17, 15) is 4.79 Å². The van der Waals surface area contributed by atoms with Gasteiger partial charge in [0, 0.05) is 19.5 Å². The van der Waals surface area contributed by atoms with Crippen LogP contribution in [-0.2, 0) is 11.3 Å². The number of amides is 1. The zero-order valence-electron chi connectivity index (χ0n) is 12.5. The average Bonchev–Trinajstić information content (AvgIpc) is 2.78. The number of ether oxygens (including phenoxy) is 1. The van der Waals surface area contributed by atoms with E-state index in [4.69, 9.17) is 10.5 Å². The number of rotatable bonds is 6. The Morgan fingerprint density at radius 3 is 2.90 bits per heavy atom. The average molecular weight is 292 g/mol. The maximum atomic E-state index is 11.8. The van der Waals surface area contributed by atoms with E-state index in [0.717, 1.165) is 0 Å². The Labute approximate surface area is 122 Å². The third-order valence-corrected chi connectivity index (χ3v) is 2.99. The number of hydrogen-bond donors (Lipinski definition) is 2. The lowest BCUT2D eigenvalue weighted by Crippen LogP contribution is -2.28. The van der Waals surface area contributed by atoms with Crippen molar-refractivity contribution in [2.75, 3.05) is 19.4 Å². The first-order valence-electron chi connectivity index (χ1n) is 6.80. The van der Waals surface area contributed by atoms with Gasteiger partial charge in [0.25, 0.3) is 0 Å². The van der Waals surface area contributed by atoms with Crippen LogP contribution in [0.5, 0.6) is 5.88 Å². The smallest absolute Gasteiger partial charge is 0.245 e. The molecule has 8 heteroatoms. The first kappa shape index (κ1) is 15.0. The maximum absolute atomic E-state index is 11.8. The zero-order valence-corrected chi connectivity index (χ0v) is 12.5. The number of fused-ring (bicyclic) bond motifs is 1. The number of methoxy groups -OCH3 is 1. The number of nitrogen functional groups attached to an aromatic ring is 1. The Morgan fingerprint density at radius 1 is 1.48 bits per heavy atom. The van der Waals surface area contributed by atoms with E-state index in [-0.39, 0.29) is 5.91 Å². The first-order chi connectivity index (χ1) is 10.0. The fraction of sp³-hybridized carbons (Fsp3) is 0.538. The third kappa shape index (κ3) is 3.39. The largest absolute Gasteiger partial charge is 0.479 e. The quantitative estimate of drug-likeness (QED) is 0.806. The molecule has 8 nitrogen and oxygen atoms in total. The van der Waals surface area contributed by atoms with Gasteiger partial charge in [-0.25, -0.2) is 9.97 Å². The number of hydrogen-bond acceptors (Lipinski definition) is 6. The van der Waals surface area contributed by atoms with Gasteiger partial charge in [-0.15, -0.1) is 0 Å². The molecular formula is C13H20N6O2. The minimum Gasteiger partial charge on any atom is -0.479 e. The molecule has 0 saturated carbocycles. The molecule has 21 heavy (non-hydrogen) atoms. The lowest BCUT2D eigenvalue weighted by atomic mass is 10.2. The SMILES string of the molecule is COc1ncnc2c1nc(N)n2CCC(=O)NCC(C)C. The number of nitrogens with two attached hydrogens (primary N) is 1. The lowest BCUT2D eigenvalue weighted by Gasteiger charge is -2.09. The van der Waals surface area contributed by atoms with Gasteiger partial charge in [0.1, 0.15) is 6.33 Å². The highest BCUT2D eigenvalue weighted by molar-refractivity contribution is 5.80. The van der Waals surface area contributed by atoms with Crippen molar-refractivity contribution in [2.45, 2.75) is 26.8 Å². The highest BCUT2D eigenvalue weighted by Crippen LogP contribution is 2.22. The molecule has 2 aromatic heterocycles. The van der Waals surface area contributed by atoms with Crippen LogP contribution in [0.15, 0.2) is 6.33 Å². The molecule has 0 radical (unpaired) electrons. The number of aromatic nitrogens is 4. The van der Waals surface area contributed by atoms with Crippen LogP contribution in [0.3, 0.4) is 0 Å². The fourth-order valence-electron chi connectivity index (χ4n) is 1.92. The molecular weight excluding hydrogens is 272 g/mol. The second-order valence-corrected chi connectivity index (χ2v) is 5.12. The van der Waals surface area contributed by atoms with Crippen LogP contribution >= 0.6 is 0 Å². The molecule has 2 heterocycles. The molecule has 2 aromatic rings. The molecule has 1 amide bonds. The van der Waals surface area contributed by atoms with Crippen molar-refractivity contribution in [1.29, 1.82) is 0 Å². The summed E-state index contributed by atoms with van der Waals surface area (Å²) in [5, 5.41) is 2.86. The van der Waals surface area contributed by atoms with E-state index in [1.165, 1.54) is 13.4 Å². The maximum Gasteiger partial charge on any atom is 0.245 e. The molecule has 0 saturated heterocycles. The van der Waals surface area contributed by atoms with Gasteiger partial charge in [-0.2, -0.15) is 4.98 Å². The predicted octanol–water partition coefficient (Wildman–Crippen LogP) is 0.579. The van der Waals surface area contributed by atoms with Crippen LogP contribution in [0.1, 0.15) is 20.3 Å². The van der Waals surface area contributed by atoms with E-state index < -0.39 is 0 Å². The summed E-state index contributed by atoms with van der Waals surface area (Å²) in [5.74, 6) is 1.06. The number of carbonyl (C=O) groups is 1. The Hall–Kier alpha value is -2.38. The summed E-state index contributed by atoms with van der Waals surface area (Å²) in [7, 11) is 1.51. The summed E-state index contributed by atoms with van der Waals surface area (Å²) in [6.45, 7) is 5.16. The number of nitrogens with zero attached hydrogens (tertiary/aromatic N) is 4. The van der Waals surface area contributed by atoms with Crippen molar-refractivity contribution >= 4 is 23.0 Å². The van der Waals surface area contributed by atoms with Gasteiger partial charge < -0.3 is 15.8 Å². The Bertz CT molecular complexity index is 637. The van der Waals surface area contributed by atoms with E-state index >= 15 is 0 Å². The highest BCUT2D eigenvalue weighted by Gasteiger charge is 2.15. The molecule has 0 unspecified atom stereocenters. The van der Waals surface area contributed by atoms with Crippen molar-refractivity contribution in [3.8, 4) is 5.88 Å². The Morgan fingerprint density at radius 2 is 2.24 bits per heavy atom. The van der Waals surface area contributed by atoms with Crippen molar-refractivity contribution in [2.24, 2.45) is 5.92 Å². The van der Waals surface area contributed by atoms with Crippen molar-refractivity contribution in [3.63, 3.8) is 0 Å². The molecule has 0 aliphatic heterocycles.